The summed E-state index contributed by atoms with van der Waals surface area (Å²) in [7, 11) is 2.21. The Labute approximate surface area is 105 Å². The number of hydrogen-bond acceptors (Lipinski definition) is 2. The molecule has 0 radical (unpaired) electrons. The summed E-state index contributed by atoms with van der Waals surface area (Å²) >= 11 is 0. The first-order chi connectivity index (χ1) is 7.08. The lowest BCUT2D eigenvalue weighted by Crippen LogP contribution is -3.00. The fourth-order valence-corrected chi connectivity index (χ4v) is 1.39. The van der Waals surface area contributed by atoms with Gasteiger partial charge in [-0.2, -0.15) is 0 Å². The van der Waals surface area contributed by atoms with Gasteiger partial charge in [-0.25, -0.2) is 4.79 Å². The van der Waals surface area contributed by atoms with Gasteiger partial charge in [-0.1, -0.05) is 19.9 Å². The van der Waals surface area contributed by atoms with Gasteiger partial charge in [0.2, 0.25) is 0 Å². The number of likely N-dealkylation sites (N-methyl/N-ethyl adjacent to an activating group) is 1. The molecule has 0 aliphatic rings. The first kappa shape index (κ1) is 17.8. The van der Waals surface area contributed by atoms with Crippen LogP contribution in [0.15, 0.2) is 12.7 Å². The van der Waals surface area contributed by atoms with E-state index in [1.807, 2.05) is 0 Å². The van der Waals surface area contributed by atoms with Crippen LogP contribution in [0.1, 0.15) is 26.7 Å². The number of nitrogens with zero attached hydrogens (tertiary/aromatic N) is 1. The van der Waals surface area contributed by atoms with E-state index in [-0.39, 0.29) is 18.4 Å². The van der Waals surface area contributed by atoms with Gasteiger partial charge in [0.15, 0.2) is 0 Å². The fourth-order valence-electron chi connectivity index (χ4n) is 1.39. The number of quaternary nitrogens is 1. The lowest BCUT2D eigenvalue weighted by Gasteiger charge is -2.33. The Morgan fingerprint density at radius 2 is 2.00 bits per heavy atom. The van der Waals surface area contributed by atoms with Crippen LogP contribution in [0.4, 0.5) is 0 Å². The summed E-state index contributed by atoms with van der Waals surface area (Å²) in [5.41, 5.74) is 0. The Morgan fingerprint density at radius 3 is 2.44 bits per heavy atom. The molecule has 0 spiro atoms. The van der Waals surface area contributed by atoms with Gasteiger partial charge in [-0.3, -0.25) is 0 Å². The highest BCUT2D eigenvalue weighted by molar-refractivity contribution is 5.81. The van der Waals surface area contributed by atoms with Gasteiger partial charge < -0.3 is 21.6 Å². The van der Waals surface area contributed by atoms with Crippen LogP contribution >= 0.6 is 0 Å². The van der Waals surface area contributed by atoms with E-state index in [0.717, 1.165) is 24.1 Å². The number of hydrogen-bond donors (Lipinski definition) is 0. The zero-order chi connectivity index (χ0) is 11.7. The van der Waals surface area contributed by atoms with Crippen molar-refractivity contribution in [3.63, 3.8) is 0 Å². The second-order valence-electron chi connectivity index (χ2n) is 4.11. The maximum atomic E-state index is 10.9. The molecule has 3 nitrogen and oxygen atoms in total. The second kappa shape index (κ2) is 9.67. The zero-order valence-corrected chi connectivity index (χ0v) is 11.4. The molecule has 16 heavy (non-hydrogen) atoms. The summed E-state index contributed by atoms with van der Waals surface area (Å²) in [6.07, 6.45) is 3.64. The molecule has 0 aromatic carbocycles. The highest BCUT2D eigenvalue weighted by atomic mass is 35.5. The Bertz CT molecular complexity index is 209. The number of unbranched alkanes of at least 4 members (excludes halogenated alkanes) is 1. The van der Waals surface area contributed by atoms with Crippen LogP contribution in [-0.4, -0.2) is 43.7 Å². The number of carbonyl (C=O) groups is 1. The van der Waals surface area contributed by atoms with Gasteiger partial charge in [0, 0.05) is 6.08 Å². The van der Waals surface area contributed by atoms with E-state index in [1.165, 1.54) is 18.9 Å². The van der Waals surface area contributed by atoms with Crippen molar-refractivity contribution in [2.75, 3.05) is 33.3 Å². The zero-order valence-electron chi connectivity index (χ0n) is 10.7. The maximum Gasteiger partial charge on any atom is 0.330 e. The van der Waals surface area contributed by atoms with E-state index in [9.17, 15) is 4.79 Å². The molecule has 0 aromatic rings. The number of carbonyl (C=O) groups excluding carboxylic acids is 1. The largest absolute Gasteiger partial charge is 1.00 e. The first-order valence-electron chi connectivity index (χ1n) is 5.70. The smallest absolute Gasteiger partial charge is 0.330 e. The van der Waals surface area contributed by atoms with Gasteiger partial charge >= 0.3 is 5.97 Å². The molecule has 0 heterocycles. The van der Waals surface area contributed by atoms with Gasteiger partial charge in [0.05, 0.1) is 20.1 Å². The van der Waals surface area contributed by atoms with E-state index in [4.69, 9.17) is 4.74 Å². The Kier molecular flexibility index (Phi) is 10.8. The minimum atomic E-state index is -0.326. The van der Waals surface area contributed by atoms with Crippen molar-refractivity contribution < 1.29 is 26.4 Å². The molecule has 0 aliphatic heterocycles. The van der Waals surface area contributed by atoms with E-state index >= 15 is 0 Å². The molecule has 1 unspecified atom stereocenters. The molecule has 0 bridgehead atoms. The quantitative estimate of drug-likeness (QED) is 0.313. The molecule has 1 atom stereocenters. The number of esters is 1. The van der Waals surface area contributed by atoms with Crippen LogP contribution in [0, 0.1) is 0 Å². The van der Waals surface area contributed by atoms with E-state index in [1.54, 1.807) is 0 Å². The lowest BCUT2D eigenvalue weighted by molar-refractivity contribution is -0.908. The fraction of sp³-hybridized carbons (Fsp3) is 0.750. The van der Waals surface area contributed by atoms with Crippen LogP contribution in [0.5, 0.6) is 0 Å². The Balaban J connectivity index is 0. The predicted octanol–water partition coefficient (Wildman–Crippen LogP) is -1.01. The number of ether oxygens (including phenoxy) is 1. The molecule has 0 amide bonds. The summed E-state index contributed by atoms with van der Waals surface area (Å²) in [6, 6.07) is 0. The molecule has 0 aromatic heterocycles. The summed E-state index contributed by atoms with van der Waals surface area (Å²) in [5.74, 6) is -0.326. The molecule has 4 heteroatoms. The molecule has 0 N–H and O–H groups in total. The average molecular weight is 250 g/mol. The normalized spacial score (nSPS) is 13.4. The number of halogens is 1. The van der Waals surface area contributed by atoms with Crippen LogP contribution < -0.4 is 12.4 Å². The molecular formula is C12H24ClNO2. The standard InChI is InChI=1S/C12H24NO2.ClH/c1-5-8-9-13(4,7-3)10-11-15-12(14)6-2;/h6H,2,5,7-11H2,1,3-4H3;1H/q+1;/p-1. The molecule has 0 fully saturated rings. The minimum Gasteiger partial charge on any atom is -1.00 e. The van der Waals surface area contributed by atoms with Crippen molar-refractivity contribution in [3.05, 3.63) is 12.7 Å². The minimum absolute atomic E-state index is 0. The van der Waals surface area contributed by atoms with Crippen LogP contribution in [0.25, 0.3) is 0 Å². The molecule has 0 saturated heterocycles. The van der Waals surface area contributed by atoms with Crippen LogP contribution in [-0.2, 0) is 9.53 Å². The third-order valence-corrected chi connectivity index (χ3v) is 2.86. The van der Waals surface area contributed by atoms with E-state index in [2.05, 4.69) is 27.5 Å². The molecular weight excluding hydrogens is 226 g/mol. The van der Waals surface area contributed by atoms with Crippen molar-refractivity contribution in [3.8, 4) is 0 Å². The lowest BCUT2D eigenvalue weighted by atomic mass is 10.2. The van der Waals surface area contributed by atoms with Crippen molar-refractivity contribution in [2.24, 2.45) is 0 Å². The van der Waals surface area contributed by atoms with Crippen molar-refractivity contribution in [1.82, 2.24) is 0 Å². The third kappa shape index (κ3) is 7.71. The molecule has 0 saturated carbocycles. The summed E-state index contributed by atoms with van der Waals surface area (Å²) < 4.78 is 5.97. The highest BCUT2D eigenvalue weighted by Gasteiger charge is 2.18. The average Bonchev–Trinajstić information content (AvgIpc) is 2.26. The van der Waals surface area contributed by atoms with Gasteiger partial charge in [0.25, 0.3) is 0 Å². The summed E-state index contributed by atoms with van der Waals surface area (Å²) in [4.78, 5) is 10.9. The third-order valence-electron chi connectivity index (χ3n) is 2.86. The van der Waals surface area contributed by atoms with Gasteiger partial charge in [0.1, 0.15) is 13.2 Å². The predicted molar refractivity (Wildman–Crippen MR) is 62.5 cm³/mol. The Morgan fingerprint density at radius 1 is 1.38 bits per heavy atom. The highest BCUT2D eigenvalue weighted by Crippen LogP contribution is 2.05. The monoisotopic (exact) mass is 249 g/mol. The SMILES string of the molecule is C=CC(=O)OCC[N+](C)(CC)CCCC.[Cl-]. The summed E-state index contributed by atoms with van der Waals surface area (Å²) in [6.45, 7) is 11.3. The summed E-state index contributed by atoms with van der Waals surface area (Å²) in [5, 5.41) is 0. The van der Waals surface area contributed by atoms with E-state index < -0.39 is 0 Å². The first-order valence-corrected chi connectivity index (χ1v) is 5.70. The molecule has 96 valence electrons. The van der Waals surface area contributed by atoms with Crippen molar-refractivity contribution in [1.29, 1.82) is 0 Å². The molecule has 0 aliphatic carbocycles. The molecule has 0 rings (SSSR count). The number of rotatable bonds is 8. The van der Waals surface area contributed by atoms with Gasteiger partial charge in [-0.05, 0) is 13.3 Å². The maximum absolute atomic E-state index is 10.9. The van der Waals surface area contributed by atoms with Crippen LogP contribution in [0.2, 0.25) is 0 Å². The Hall–Kier alpha value is -0.540. The van der Waals surface area contributed by atoms with Crippen LogP contribution in [0.3, 0.4) is 0 Å². The van der Waals surface area contributed by atoms with Crippen molar-refractivity contribution in [2.45, 2.75) is 26.7 Å². The van der Waals surface area contributed by atoms with E-state index in [0.29, 0.717) is 6.61 Å². The topological polar surface area (TPSA) is 26.3 Å². The van der Waals surface area contributed by atoms with Crippen molar-refractivity contribution >= 4 is 5.97 Å². The second-order valence-corrected chi connectivity index (χ2v) is 4.11. The van der Waals surface area contributed by atoms with Gasteiger partial charge in [-0.15, -0.1) is 0 Å².